The molecule has 0 fully saturated rings. The number of nitrogens with zero attached hydrogens (tertiary/aromatic N) is 1. The molecule has 2 heterocycles. The maximum absolute atomic E-state index is 12.3. The number of benzene rings is 1. The molecule has 6 heteroatoms. The molecule has 26 heavy (non-hydrogen) atoms. The third-order valence-corrected chi connectivity index (χ3v) is 5.16. The van der Waals surface area contributed by atoms with Crippen LogP contribution in [-0.2, 0) is 29.8 Å². The zero-order chi connectivity index (χ0) is 18.0. The second-order valence-corrected chi connectivity index (χ2v) is 6.98. The summed E-state index contributed by atoms with van der Waals surface area (Å²) in [5.41, 5.74) is 3.71. The van der Waals surface area contributed by atoms with Gasteiger partial charge in [0.25, 0.3) is 0 Å². The lowest BCUT2D eigenvalue weighted by molar-refractivity contribution is 0.0221. The number of hydrogen-bond acceptors (Lipinski definition) is 4. The number of fused-ring (bicyclic) bond motifs is 2. The predicted molar refractivity (Wildman–Crippen MR) is 97.9 cm³/mol. The SMILES string of the molecule is O=C(NCC1(O)CCCc2ccccc21)Nc1cnc2c(c1)COCC2. The summed E-state index contributed by atoms with van der Waals surface area (Å²) in [5.74, 6) is 0. The first kappa shape index (κ1) is 17.0. The normalized spacial score (nSPS) is 21.4. The Morgan fingerprint density at radius 2 is 2.15 bits per heavy atom. The number of anilines is 1. The number of rotatable bonds is 3. The van der Waals surface area contributed by atoms with E-state index in [1.165, 1.54) is 0 Å². The van der Waals surface area contributed by atoms with Crippen molar-refractivity contribution in [1.29, 1.82) is 0 Å². The first-order chi connectivity index (χ1) is 12.6. The summed E-state index contributed by atoms with van der Waals surface area (Å²) in [5, 5.41) is 16.6. The van der Waals surface area contributed by atoms with E-state index in [1.54, 1.807) is 6.20 Å². The van der Waals surface area contributed by atoms with Gasteiger partial charge in [0.1, 0.15) is 5.60 Å². The molecule has 0 spiro atoms. The topological polar surface area (TPSA) is 83.5 Å². The number of ether oxygens (including phenoxy) is 1. The van der Waals surface area contributed by atoms with Gasteiger partial charge in [-0.1, -0.05) is 24.3 Å². The van der Waals surface area contributed by atoms with Crippen LogP contribution < -0.4 is 10.6 Å². The number of amides is 2. The maximum atomic E-state index is 12.3. The van der Waals surface area contributed by atoms with Crippen molar-refractivity contribution in [3.8, 4) is 0 Å². The second-order valence-electron chi connectivity index (χ2n) is 6.98. The van der Waals surface area contributed by atoms with E-state index >= 15 is 0 Å². The fourth-order valence-corrected chi connectivity index (χ4v) is 3.79. The molecule has 2 aromatic rings. The highest BCUT2D eigenvalue weighted by molar-refractivity contribution is 5.89. The number of pyridine rings is 1. The fourth-order valence-electron chi connectivity index (χ4n) is 3.79. The molecule has 1 aromatic carbocycles. The zero-order valence-electron chi connectivity index (χ0n) is 14.6. The lowest BCUT2D eigenvalue weighted by Crippen LogP contribution is -2.44. The van der Waals surface area contributed by atoms with E-state index in [9.17, 15) is 9.90 Å². The highest BCUT2D eigenvalue weighted by atomic mass is 16.5. The van der Waals surface area contributed by atoms with Crippen LogP contribution in [0.1, 0.15) is 35.2 Å². The van der Waals surface area contributed by atoms with Gasteiger partial charge in [0.15, 0.2) is 0 Å². The van der Waals surface area contributed by atoms with Crippen molar-refractivity contribution in [2.75, 3.05) is 18.5 Å². The second kappa shape index (κ2) is 7.05. The van der Waals surface area contributed by atoms with E-state index in [4.69, 9.17) is 4.74 Å². The summed E-state index contributed by atoms with van der Waals surface area (Å²) in [6.45, 7) is 1.39. The van der Waals surface area contributed by atoms with Gasteiger partial charge in [-0.2, -0.15) is 0 Å². The van der Waals surface area contributed by atoms with Crippen molar-refractivity contribution in [2.24, 2.45) is 0 Å². The lowest BCUT2D eigenvalue weighted by Gasteiger charge is -2.34. The molecule has 1 unspecified atom stereocenters. The Labute approximate surface area is 152 Å². The molecule has 0 bridgehead atoms. The predicted octanol–water partition coefficient (Wildman–Crippen LogP) is 2.50. The van der Waals surface area contributed by atoms with E-state index in [1.807, 2.05) is 30.3 Å². The molecule has 2 amide bonds. The van der Waals surface area contributed by atoms with Gasteiger partial charge in [0, 0.05) is 17.7 Å². The van der Waals surface area contributed by atoms with Crippen molar-refractivity contribution in [1.82, 2.24) is 10.3 Å². The summed E-state index contributed by atoms with van der Waals surface area (Å²) in [4.78, 5) is 16.7. The smallest absolute Gasteiger partial charge is 0.319 e. The van der Waals surface area contributed by atoms with Crippen LogP contribution >= 0.6 is 0 Å². The van der Waals surface area contributed by atoms with Crippen LogP contribution in [0.5, 0.6) is 0 Å². The van der Waals surface area contributed by atoms with Crippen LogP contribution in [-0.4, -0.2) is 29.3 Å². The molecule has 1 atom stereocenters. The standard InChI is InChI=1S/C20H23N3O3/c24-19(23-16-10-15-12-26-9-7-18(15)21-11-16)22-13-20(25)8-3-5-14-4-1-2-6-17(14)20/h1-2,4,6,10-11,25H,3,5,7-9,12-13H2,(H2,22,23,24). The molecule has 0 saturated carbocycles. The Hall–Kier alpha value is -2.44. The molecule has 2 aliphatic rings. The molecule has 1 aliphatic heterocycles. The fraction of sp³-hybridized carbons (Fsp3) is 0.400. The zero-order valence-corrected chi connectivity index (χ0v) is 14.6. The van der Waals surface area contributed by atoms with Gasteiger partial charge in [-0.05, 0) is 36.5 Å². The van der Waals surface area contributed by atoms with Gasteiger partial charge < -0.3 is 20.5 Å². The van der Waals surface area contributed by atoms with Gasteiger partial charge in [-0.15, -0.1) is 0 Å². The number of urea groups is 1. The summed E-state index contributed by atoms with van der Waals surface area (Å²) in [6, 6.07) is 9.45. The molecular weight excluding hydrogens is 330 g/mol. The summed E-state index contributed by atoms with van der Waals surface area (Å²) in [7, 11) is 0. The van der Waals surface area contributed by atoms with E-state index in [0.717, 1.165) is 41.6 Å². The summed E-state index contributed by atoms with van der Waals surface area (Å²) < 4.78 is 5.43. The monoisotopic (exact) mass is 353 g/mol. The number of hydrogen-bond donors (Lipinski definition) is 3. The van der Waals surface area contributed by atoms with Crippen molar-refractivity contribution in [3.63, 3.8) is 0 Å². The third-order valence-electron chi connectivity index (χ3n) is 5.16. The van der Waals surface area contributed by atoms with Gasteiger partial charge >= 0.3 is 6.03 Å². The molecule has 6 nitrogen and oxygen atoms in total. The molecule has 0 saturated heterocycles. The number of aliphatic hydroxyl groups is 1. The molecule has 0 radical (unpaired) electrons. The van der Waals surface area contributed by atoms with Crippen molar-refractivity contribution < 1.29 is 14.6 Å². The van der Waals surface area contributed by atoms with Crippen LogP contribution in [0.25, 0.3) is 0 Å². The maximum Gasteiger partial charge on any atom is 0.319 e. The average molecular weight is 353 g/mol. The van der Waals surface area contributed by atoms with Gasteiger partial charge in [-0.25, -0.2) is 4.79 Å². The molecule has 4 rings (SSSR count). The van der Waals surface area contributed by atoms with Crippen molar-refractivity contribution >= 4 is 11.7 Å². The van der Waals surface area contributed by atoms with Crippen molar-refractivity contribution in [2.45, 2.75) is 37.9 Å². The van der Waals surface area contributed by atoms with E-state index in [2.05, 4.69) is 15.6 Å². The van der Waals surface area contributed by atoms with Crippen LogP contribution in [0, 0.1) is 0 Å². The minimum atomic E-state index is -1.02. The molecule has 1 aliphatic carbocycles. The third kappa shape index (κ3) is 3.43. The Morgan fingerprint density at radius 3 is 3.08 bits per heavy atom. The summed E-state index contributed by atoms with van der Waals surface area (Å²) in [6.07, 6.45) is 4.98. The molecule has 136 valence electrons. The van der Waals surface area contributed by atoms with Crippen LogP contribution in [0.4, 0.5) is 10.5 Å². The van der Waals surface area contributed by atoms with E-state index in [-0.39, 0.29) is 12.6 Å². The van der Waals surface area contributed by atoms with Crippen LogP contribution in [0.2, 0.25) is 0 Å². The highest BCUT2D eigenvalue weighted by Gasteiger charge is 2.34. The molecule has 3 N–H and O–H groups in total. The van der Waals surface area contributed by atoms with E-state index in [0.29, 0.717) is 25.3 Å². The molecular formula is C20H23N3O3. The highest BCUT2D eigenvalue weighted by Crippen LogP contribution is 2.34. The first-order valence-electron chi connectivity index (χ1n) is 9.05. The van der Waals surface area contributed by atoms with Gasteiger partial charge in [0.2, 0.25) is 0 Å². The first-order valence-corrected chi connectivity index (χ1v) is 9.05. The number of aromatic nitrogens is 1. The largest absolute Gasteiger partial charge is 0.383 e. The number of aryl methyl sites for hydroxylation is 1. The molecule has 1 aromatic heterocycles. The van der Waals surface area contributed by atoms with Crippen LogP contribution in [0.15, 0.2) is 36.5 Å². The minimum Gasteiger partial charge on any atom is -0.383 e. The van der Waals surface area contributed by atoms with Gasteiger partial charge in [0.05, 0.1) is 31.6 Å². The summed E-state index contributed by atoms with van der Waals surface area (Å²) >= 11 is 0. The quantitative estimate of drug-likeness (QED) is 0.792. The van der Waals surface area contributed by atoms with Gasteiger partial charge in [-0.3, -0.25) is 4.98 Å². The number of carbonyl (C=O) groups is 1. The van der Waals surface area contributed by atoms with E-state index < -0.39 is 5.60 Å². The minimum absolute atomic E-state index is 0.178. The number of nitrogens with one attached hydrogen (secondary N) is 2. The average Bonchev–Trinajstić information content (AvgIpc) is 2.67. The van der Waals surface area contributed by atoms with Crippen LogP contribution in [0.3, 0.4) is 0 Å². The van der Waals surface area contributed by atoms with Crippen molar-refractivity contribution in [3.05, 3.63) is 58.9 Å². The Morgan fingerprint density at radius 1 is 1.27 bits per heavy atom. The lowest BCUT2D eigenvalue weighted by atomic mass is 9.79. The Balaban J connectivity index is 1.40. The Bertz CT molecular complexity index is 824. The number of carbonyl (C=O) groups excluding carboxylic acids is 1. The Kier molecular flexibility index (Phi) is 4.61.